The molecule has 2 nitrogen and oxygen atoms in total. The van der Waals surface area contributed by atoms with Gasteiger partial charge in [0.15, 0.2) is 0 Å². The van der Waals surface area contributed by atoms with E-state index in [0.29, 0.717) is 0 Å². The average molecular weight is 153 g/mol. The summed E-state index contributed by atoms with van der Waals surface area (Å²) in [6.45, 7) is 3.90. The molecule has 0 saturated heterocycles. The Morgan fingerprint density at radius 1 is 1.55 bits per heavy atom. The minimum atomic E-state index is -0.0232. The van der Waals surface area contributed by atoms with E-state index in [-0.39, 0.29) is 5.91 Å². The monoisotopic (exact) mass is 153 g/mol. The van der Waals surface area contributed by atoms with Gasteiger partial charge in [-0.3, -0.25) is 4.79 Å². The van der Waals surface area contributed by atoms with Gasteiger partial charge in [-0.2, -0.15) is 0 Å². The Morgan fingerprint density at radius 3 is 2.55 bits per heavy atom. The van der Waals surface area contributed by atoms with E-state index in [0.717, 1.165) is 12.0 Å². The standard InChI is InChI=1S/C9H15NO/c1-4-6-8(7-5-2)9(11)10-3/h4,6-7H,5H2,1-3H3,(H,10,11)/b6-4-,8-7+. The maximum atomic E-state index is 11.1. The smallest absolute Gasteiger partial charge is 0.250 e. The fourth-order valence-electron chi connectivity index (χ4n) is 0.780. The fraction of sp³-hybridized carbons (Fsp3) is 0.444. The van der Waals surface area contributed by atoms with Gasteiger partial charge in [-0.15, -0.1) is 0 Å². The summed E-state index contributed by atoms with van der Waals surface area (Å²) in [5.74, 6) is -0.0232. The zero-order valence-corrected chi connectivity index (χ0v) is 7.35. The van der Waals surface area contributed by atoms with Crippen molar-refractivity contribution in [2.24, 2.45) is 0 Å². The molecular weight excluding hydrogens is 138 g/mol. The van der Waals surface area contributed by atoms with Crippen LogP contribution in [0.25, 0.3) is 0 Å². The lowest BCUT2D eigenvalue weighted by molar-refractivity contribution is -0.116. The highest BCUT2D eigenvalue weighted by atomic mass is 16.1. The Morgan fingerprint density at radius 2 is 2.18 bits per heavy atom. The first-order chi connectivity index (χ1) is 5.26. The molecular formula is C9H15NO. The van der Waals surface area contributed by atoms with Gasteiger partial charge in [0, 0.05) is 12.6 Å². The van der Waals surface area contributed by atoms with Gasteiger partial charge in [-0.1, -0.05) is 25.2 Å². The van der Waals surface area contributed by atoms with E-state index in [1.807, 2.05) is 32.1 Å². The van der Waals surface area contributed by atoms with Crippen molar-refractivity contribution in [1.29, 1.82) is 0 Å². The van der Waals surface area contributed by atoms with Crippen LogP contribution < -0.4 is 5.32 Å². The van der Waals surface area contributed by atoms with Crippen LogP contribution in [0.3, 0.4) is 0 Å². The molecule has 0 spiro atoms. The highest BCUT2D eigenvalue weighted by Crippen LogP contribution is 1.98. The van der Waals surface area contributed by atoms with Crippen molar-refractivity contribution in [3.05, 3.63) is 23.8 Å². The number of carbonyl (C=O) groups excluding carboxylic acids is 1. The maximum absolute atomic E-state index is 11.1. The van der Waals surface area contributed by atoms with E-state index in [9.17, 15) is 4.79 Å². The molecule has 0 aromatic rings. The largest absolute Gasteiger partial charge is 0.355 e. The Bertz CT molecular complexity index is 180. The van der Waals surface area contributed by atoms with Crippen molar-refractivity contribution in [2.45, 2.75) is 20.3 Å². The number of likely N-dealkylation sites (N-methyl/N-ethyl adjacent to an activating group) is 1. The third kappa shape index (κ3) is 3.61. The fourth-order valence-corrected chi connectivity index (χ4v) is 0.780. The van der Waals surface area contributed by atoms with Gasteiger partial charge in [0.2, 0.25) is 0 Å². The van der Waals surface area contributed by atoms with E-state index in [4.69, 9.17) is 0 Å². The zero-order chi connectivity index (χ0) is 8.69. The van der Waals surface area contributed by atoms with Gasteiger partial charge in [0.25, 0.3) is 5.91 Å². The molecule has 0 aliphatic carbocycles. The quantitative estimate of drug-likeness (QED) is 0.484. The van der Waals surface area contributed by atoms with E-state index >= 15 is 0 Å². The first-order valence-electron chi connectivity index (χ1n) is 3.81. The van der Waals surface area contributed by atoms with Crippen molar-refractivity contribution >= 4 is 5.91 Å². The molecule has 62 valence electrons. The summed E-state index contributed by atoms with van der Waals surface area (Å²) in [6, 6.07) is 0. The van der Waals surface area contributed by atoms with Crippen LogP contribution in [0.4, 0.5) is 0 Å². The molecule has 2 heteroatoms. The van der Waals surface area contributed by atoms with E-state index in [1.165, 1.54) is 0 Å². The number of nitrogens with one attached hydrogen (secondary N) is 1. The molecule has 0 radical (unpaired) electrons. The zero-order valence-electron chi connectivity index (χ0n) is 7.35. The lowest BCUT2D eigenvalue weighted by Crippen LogP contribution is -2.18. The van der Waals surface area contributed by atoms with Crippen molar-refractivity contribution in [3.63, 3.8) is 0 Å². The average Bonchev–Trinajstić information content (AvgIpc) is 2.03. The summed E-state index contributed by atoms with van der Waals surface area (Å²) in [6.07, 6.45) is 6.45. The van der Waals surface area contributed by atoms with E-state index in [1.54, 1.807) is 7.05 Å². The van der Waals surface area contributed by atoms with Crippen molar-refractivity contribution in [1.82, 2.24) is 5.32 Å². The minimum Gasteiger partial charge on any atom is -0.355 e. The first kappa shape index (κ1) is 9.95. The van der Waals surface area contributed by atoms with Crippen LogP contribution in [-0.4, -0.2) is 13.0 Å². The first-order valence-corrected chi connectivity index (χ1v) is 3.81. The van der Waals surface area contributed by atoms with Gasteiger partial charge in [-0.25, -0.2) is 0 Å². The van der Waals surface area contributed by atoms with Crippen LogP contribution in [0.2, 0.25) is 0 Å². The van der Waals surface area contributed by atoms with Crippen LogP contribution in [0, 0.1) is 0 Å². The Labute approximate surface area is 68.0 Å². The summed E-state index contributed by atoms with van der Waals surface area (Å²) >= 11 is 0. The summed E-state index contributed by atoms with van der Waals surface area (Å²) in [7, 11) is 1.63. The molecule has 0 fully saturated rings. The molecule has 0 aromatic heterocycles. The lowest BCUT2D eigenvalue weighted by Gasteiger charge is -1.98. The van der Waals surface area contributed by atoms with Gasteiger partial charge in [0.1, 0.15) is 0 Å². The molecule has 1 amide bonds. The molecule has 0 saturated carbocycles. The third-order valence-corrected chi connectivity index (χ3v) is 1.26. The molecule has 1 N–H and O–H groups in total. The molecule has 0 rings (SSSR count). The van der Waals surface area contributed by atoms with Crippen LogP contribution in [0.1, 0.15) is 20.3 Å². The molecule has 11 heavy (non-hydrogen) atoms. The second kappa shape index (κ2) is 5.71. The van der Waals surface area contributed by atoms with Crippen LogP contribution >= 0.6 is 0 Å². The van der Waals surface area contributed by atoms with Crippen LogP contribution in [0.15, 0.2) is 23.8 Å². The normalized spacial score (nSPS) is 12.1. The molecule has 0 bridgehead atoms. The second-order valence-corrected chi connectivity index (χ2v) is 2.15. The van der Waals surface area contributed by atoms with Crippen molar-refractivity contribution in [3.8, 4) is 0 Å². The van der Waals surface area contributed by atoms with Crippen molar-refractivity contribution in [2.75, 3.05) is 7.05 Å². The van der Waals surface area contributed by atoms with Crippen LogP contribution in [-0.2, 0) is 4.79 Å². The van der Waals surface area contributed by atoms with Gasteiger partial charge in [0.05, 0.1) is 0 Å². The third-order valence-electron chi connectivity index (χ3n) is 1.26. The number of allylic oxidation sites excluding steroid dienone is 2. The van der Waals surface area contributed by atoms with Crippen LogP contribution in [0.5, 0.6) is 0 Å². The second-order valence-electron chi connectivity index (χ2n) is 2.15. The Kier molecular flexibility index (Phi) is 5.17. The topological polar surface area (TPSA) is 29.1 Å². The predicted octanol–water partition coefficient (Wildman–Crippen LogP) is 1.64. The minimum absolute atomic E-state index is 0.0232. The highest BCUT2D eigenvalue weighted by molar-refractivity contribution is 5.95. The number of hydrogen-bond acceptors (Lipinski definition) is 1. The molecule has 0 unspecified atom stereocenters. The lowest BCUT2D eigenvalue weighted by atomic mass is 10.2. The number of amides is 1. The Balaban J connectivity index is 4.34. The predicted molar refractivity (Wildman–Crippen MR) is 47.3 cm³/mol. The molecule has 0 aliphatic heterocycles. The van der Waals surface area contributed by atoms with E-state index < -0.39 is 0 Å². The van der Waals surface area contributed by atoms with Gasteiger partial charge >= 0.3 is 0 Å². The summed E-state index contributed by atoms with van der Waals surface area (Å²) in [5, 5.41) is 2.58. The molecule has 0 atom stereocenters. The number of carbonyl (C=O) groups is 1. The van der Waals surface area contributed by atoms with Gasteiger partial charge in [-0.05, 0) is 13.3 Å². The molecule has 0 heterocycles. The number of hydrogen-bond donors (Lipinski definition) is 1. The summed E-state index contributed by atoms with van der Waals surface area (Å²) < 4.78 is 0. The Hall–Kier alpha value is -1.05. The molecule has 0 aliphatic rings. The van der Waals surface area contributed by atoms with Gasteiger partial charge < -0.3 is 5.32 Å². The maximum Gasteiger partial charge on any atom is 0.250 e. The molecule has 0 aromatic carbocycles. The summed E-state index contributed by atoms with van der Waals surface area (Å²) in [4.78, 5) is 11.1. The SMILES string of the molecule is C/C=C\C(=C/CC)C(=O)NC. The summed E-state index contributed by atoms with van der Waals surface area (Å²) in [5.41, 5.74) is 0.734. The van der Waals surface area contributed by atoms with E-state index in [2.05, 4.69) is 5.32 Å². The highest BCUT2D eigenvalue weighted by Gasteiger charge is 2.00. The van der Waals surface area contributed by atoms with Crippen molar-refractivity contribution < 1.29 is 4.79 Å². The number of rotatable bonds is 3.